The molecule has 17 heavy (non-hydrogen) atoms. The minimum absolute atomic E-state index is 1.03. The van der Waals surface area contributed by atoms with Gasteiger partial charge in [0.05, 0.1) is 13.6 Å². The molecule has 0 radical (unpaired) electrons. The average Bonchev–Trinajstić information content (AvgIpc) is 2.39. The van der Waals surface area contributed by atoms with Gasteiger partial charge < -0.3 is 4.90 Å². The standard InChI is InChI=1S/C14H17N3/c1-17(12-13-5-9-15-10-6-13)11-7-14-4-2-3-8-16-14/h2-6,8-10H,7,11-12H2,1H3/p+1. The molecule has 0 aliphatic heterocycles. The van der Waals surface area contributed by atoms with Gasteiger partial charge in [-0.15, -0.1) is 0 Å². The van der Waals surface area contributed by atoms with E-state index in [9.17, 15) is 0 Å². The minimum Gasteiger partial charge on any atom is -0.333 e. The molecule has 2 rings (SSSR count). The van der Waals surface area contributed by atoms with Gasteiger partial charge in [0.15, 0.2) is 0 Å². The van der Waals surface area contributed by atoms with Gasteiger partial charge in [-0.05, 0) is 24.3 Å². The smallest absolute Gasteiger partial charge is 0.103 e. The Morgan fingerprint density at radius 2 is 1.88 bits per heavy atom. The number of hydrogen-bond donors (Lipinski definition) is 1. The van der Waals surface area contributed by atoms with Gasteiger partial charge in [-0.2, -0.15) is 0 Å². The maximum absolute atomic E-state index is 4.33. The first-order chi connectivity index (χ1) is 8.34. The van der Waals surface area contributed by atoms with Gasteiger partial charge in [-0.1, -0.05) is 6.07 Å². The molecule has 0 aliphatic carbocycles. The number of hydrogen-bond acceptors (Lipinski definition) is 2. The fourth-order valence-electron chi connectivity index (χ4n) is 1.82. The summed E-state index contributed by atoms with van der Waals surface area (Å²) in [5.41, 5.74) is 2.50. The zero-order valence-corrected chi connectivity index (χ0v) is 10.1. The van der Waals surface area contributed by atoms with E-state index in [1.54, 1.807) is 0 Å². The number of likely N-dealkylation sites (N-methyl/N-ethyl adjacent to an activating group) is 1. The predicted molar refractivity (Wildman–Crippen MR) is 67.6 cm³/mol. The first kappa shape index (κ1) is 11.7. The van der Waals surface area contributed by atoms with Crippen LogP contribution in [-0.4, -0.2) is 23.6 Å². The second-order valence-corrected chi connectivity index (χ2v) is 4.31. The van der Waals surface area contributed by atoms with Crippen molar-refractivity contribution in [1.29, 1.82) is 0 Å². The van der Waals surface area contributed by atoms with Gasteiger partial charge >= 0.3 is 0 Å². The number of aromatic nitrogens is 2. The molecule has 88 valence electrons. The Bertz CT molecular complexity index is 428. The zero-order chi connectivity index (χ0) is 11.9. The van der Waals surface area contributed by atoms with E-state index in [0.29, 0.717) is 0 Å². The molecule has 0 aromatic carbocycles. The predicted octanol–water partition coefficient (Wildman–Crippen LogP) is 0.734. The molecular weight excluding hydrogens is 210 g/mol. The summed E-state index contributed by atoms with van der Waals surface area (Å²) in [7, 11) is 2.21. The van der Waals surface area contributed by atoms with Gasteiger partial charge in [0.25, 0.3) is 0 Å². The summed E-state index contributed by atoms with van der Waals surface area (Å²) >= 11 is 0. The Labute approximate surface area is 102 Å². The summed E-state index contributed by atoms with van der Waals surface area (Å²) < 4.78 is 0. The van der Waals surface area contributed by atoms with Gasteiger partial charge in [-0.3, -0.25) is 9.97 Å². The van der Waals surface area contributed by atoms with Crippen LogP contribution in [0.4, 0.5) is 0 Å². The third-order valence-corrected chi connectivity index (χ3v) is 2.79. The molecule has 0 saturated carbocycles. The number of quaternary nitrogens is 1. The van der Waals surface area contributed by atoms with Crippen molar-refractivity contribution in [3.8, 4) is 0 Å². The molecule has 0 spiro atoms. The van der Waals surface area contributed by atoms with Crippen molar-refractivity contribution in [2.45, 2.75) is 13.0 Å². The lowest BCUT2D eigenvalue weighted by Crippen LogP contribution is -3.07. The van der Waals surface area contributed by atoms with Crippen LogP contribution in [-0.2, 0) is 13.0 Å². The molecule has 1 unspecified atom stereocenters. The highest BCUT2D eigenvalue weighted by atomic mass is 15.1. The van der Waals surface area contributed by atoms with Crippen molar-refractivity contribution in [2.75, 3.05) is 13.6 Å². The molecule has 0 bridgehead atoms. The van der Waals surface area contributed by atoms with E-state index in [2.05, 4.69) is 35.2 Å². The summed E-state index contributed by atoms with van der Waals surface area (Å²) in [6, 6.07) is 10.2. The third-order valence-electron chi connectivity index (χ3n) is 2.79. The van der Waals surface area contributed by atoms with Crippen LogP contribution in [0.3, 0.4) is 0 Å². The van der Waals surface area contributed by atoms with Crippen molar-refractivity contribution in [3.05, 3.63) is 60.2 Å². The van der Waals surface area contributed by atoms with Gasteiger partial charge in [0.1, 0.15) is 6.54 Å². The first-order valence-electron chi connectivity index (χ1n) is 5.95. The maximum Gasteiger partial charge on any atom is 0.103 e. The van der Waals surface area contributed by atoms with Crippen molar-refractivity contribution in [2.24, 2.45) is 0 Å². The molecule has 1 N–H and O–H groups in total. The highest BCUT2D eigenvalue weighted by Crippen LogP contribution is 1.94. The van der Waals surface area contributed by atoms with E-state index >= 15 is 0 Å². The van der Waals surface area contributed by atoms with Gasteiger partial charge in [-0.25, -0.2) is 0 Å². The number of nitrogens with one attached hydrogen (secondary N) is 1. The van der Waals surface area contributed by atoms with Gasteiger partial charge in [0.2, 0.25) is 0 Å². The lowest BCUT2D eigenvalue weighted by Gasteiger charge is -2.13. The third kappa shape index (κ3) is 3.96. The number of nitrogens with zero attached hydrogens (tertiary/aromatic N) is 2. The Morgan fingerprint density at radius 1 is 1.06 bits per heavy atom. The van der Waals surface area contributed by atoms with Crippen molar-refractivity contribution in [1.82, 2.24) is 9.97 Å². The molecule has 3 heteroatoms. The number of pyridine rings is 2. The molecule has 2 aromatic heterocycles. The Hall–Kier alpha value is -1.74. The lowest BCUT2D eigenvalue weighted by molar-refractivity contribution is -0.893. The Kier molecular flexibility index (Phi) is 4.22. The summed E-state index contributed by atoms with van der Waals surface area (Å²) in [6.45, 7) is 2.13. The van der Waals surface area contributed by atoms with Crippen LogP contribution in [0.15, 0.2) is 48.9 Å². The van der Waals surface area contributed by atoms with Crippen LogP contribution in [0.25, 0.3) is 0 Å². The Balaban J connectivity index is 1.80. The van der Waals surface area contributed by atoms with Crippen LogP contribution in [0, 0.1) is 0 Å². The van der Waals surface area contributed by atoms with Crippen LogP contribution in [0.2, 0.25) is 0 Å². The molecule has 3 nitrogen and oxygen atoms in total. The molecule has 0 aliphatic rings. The van der Waals surface area contributed by atoms with Crippen LogP contribution >= 0.6 is 0 Å². The van der Waals surface area contributed by atoms with E-state index in [4.69, 9.17) is 0 Å². The lowest BCUT2D eigenvalue weighted by atomic mass is 10.2. The van der Waals surface area contributed by atoms with Crippen LogP contribution in [0.5, 0.6) is 0 Å². The van der Waals surface area contributed by atoms with Crippen molar-refractivity contribution in [3.63, 3.8) is 0 Å². The van der Waals surface area contributed by atoms with E-state index in [-0.39, 0.29) is 0 Å². The van der Waals surface area contributed by atoms with E-state index in [0.717, 1.165) is 19.5 Å². The minimum atomic E-state index is 1.03. The van der Waals surface area contributed by atoms with Gasteiger partial charge in [0, 0.05) is 36.3 Å². The quantitative estimate of drug-likeness (QED) is 0.818. The van der Waals surface area contributed by atoms with Crippen molar-refractivity contribution >= 4 is 0 Å². The normalized spacial score (nSPS) is 12.3. The largest absolute Gasteiger partial charge is 0.333 e. The zero-order valence-electron chi connectivity index (χ0n) is 10.1. The summed E-state index contributed by atoms with van der Waals surface area (Å²) in [5, 5.41) is 0. The second-order valence-electron chi connectivity index (χ2n) is 4.31. The highest BCUT2D eigenvalue weighted by molar-refractivity contribution is 5.07. The number of rotatable bonds is 5. The topological polar surface area (TPSA) is 30.2 Å². The summed E-state index contributed by atoms with van der Waals surface area (Å²) in [6.07, 6.45) is 6.58. The molecular formula is C14H18N3+. The molecule has 0 fully saturated rings. The molecule has 0 saturated heterocycles. The Morgan fingerprint density at radius 3 is 2.59 bits per heavy atom. The second kappa shape index (κ2) is 6.11. The van der Waals surface area contributed by atoms with Crippen LogP contribution < -0.4 is 4.90 Å². The monoisotopic (exact) mass is 228 g/mol. The highest BCUT2D eigenvalue weighted by Gasteiger charge is 2.04. The molecule has 2 heterocycles. The summed E-state index contributed by atoms with van der Waals surface area (Å²) in [4.78, 5) is 9.85. The molecule has 1 atom stereocenters. The van der Waals surface area contributed by atoms with E-state index in [1.807, 2.05) is 30.7 Å². The molecule has 2 aromatic rings. The fourth-order valence-corrected chi connectivity index (χ4v) is 1.82. The van der Waals surface area contributed by atoms with E-state index < -0.39 is 0 Å². The summed E-state index contributed by atoms with van der Waals surface area (Å²) in [5.74, 6) is 0. The fraction of sp³-hybridized carbons (Fsp3) is 0.286. The maximum atomic E-state index is 4.33. The SMILES string of the molecule is C[NH+](CCc1ccccn1)Cc1ccncc1. The van der Waals surface area contributed by atoms with Crippen molar-refractivity contribution < 1.29 is 4.90 Å². The first-order valence-corrected chi connectivity index (χ1v) is 5.95. The average molecular weight is 228 g/mol. The van der Waals surface area contributed by atoms with Crippen LogP contribution in [0.1, 0.15) is 11.3 Å². The molecule has 0 amide bonds. The van der Waals surface area contributed by atoms with E-state index in [1.165, 1.54) is 16.2 Å².